The number of nitrogens with zero attached hydrogens (tertiary/aromatic N) is 3. The van der Waals surface area contributed by atoms with Crippen LogP contribution in [0.1, 0.15) is 15.9 Å². The van der Waals surface area contributed by atoms with E-state index in [9.17, 15) is 23.5 Å². The predicted molar refractivity (Wildman–Crippen MR) is 112 cm³/mol. The van der Waals surface area contributed by atoms with E-state index >= 15 is 0 Å². The van der Waals surface area contributed by atoms with Gasteiger partial charge in [0.2, 0.25) is 0 Å². The van der Waals surface area contributed by atoms with Gasteiger partial charge in [-0.15, -0.1) is 0 Å². The average molecular weight is 460 g/mol. The van der Waals surface area contributed by atoms with E-state index in [2.05, 4.69) is 20.4 Å². The zero-order chi connectivity index (χ0) is 22.9. The van der Waals surface area contributed by atoms with E-state index in [0.29, 0.717) is 22.0 Å². The van der Waals surface area contributed by atoms with Crippen LogP contribution < -0.4 is 10.9 Å². The number of aromatic amines is 1. The van der Waals surface area contributed by atoms with Crippen LogP contribution in [0.15, 0.2) is 59.9 Å². The Kier molecular flexibility index (Phi) is 5.72. The lowest BCUT2D eigenvalue weighted by atomic mass is 9.92. The summed E-state index contributed by atoms with van der Waals surface area (Å²) < 4.78 is 29.1. The maximum Gasteiger partial charge on any atom is 0.261 e. The molecule has 0 aliphatic heterocycles. The van der Waals surface area contributed by atoms with Crippen LogP contribution in [0.25, 0.3) is 10.9 Å². The number of halogens is 3. The Morgan fingerprint density at radius 2 is 2.03 bits per heavy atom. The second-order valence-corrected chi connectivity index (χ2v) is 7.61. The maximum absolute atomic E-state index is 14.5. The molecule has 0 saturated heterocycles. The Bertz CT molecular complexity index is 1360. The Labute approximate surface area is 184 Å². The lowest BCUT2D eigenvalue weighted by Crippen LogP contribution is -2.45. The van der Waals surface area contributed by atoms with Gasteiger partial charge < -0.3 is 15.4 Å². The van der Waals surface area contributed by atoms with Gasteiger partial charge in [-0.2, -0.15) is 5.10 Å². The molecule has 0 bridgehead atoms. The van der Waals surface area contributed by atoms with Crippen molar-refractivity contribution >= 4 is 28.4 Å². The minimum Gasteiger partial charge on any atom is -0.381 e. The molecule has 2 aromatic carbocycles. The molecule has 3 N–H and O–H groups in total. The third-order valence-electron chi connectivity index (χ3n) is 4.92. The van der Waals surface area contributed by atoms with Crippen molar-refractivity contribution in [2.45, 2.75) is 12.1 Å². The number of amides is 1. The highest BCUT2D eigenvalue weighted by Gasteiger charge is 2.34. The van der Waals surface area contributed by atoms with E-state index in [0.717, 1.165) is 12.1 Å². The number of hydrogen-bond donors (Lipinski definition) is 3. The van der Waals surface area contributed by atoms with Crippen LogP contribution in [0.5, 0.6) is 0 Å². The van der Waals surface area contributed by atoms with Crippen molar-refractivity contribution in [2.75, 3.05) is 6.54 Å². The minimum atomic E-state index is -2.02. The highest BCUT2D eigenvalue weighted by Crippen LogP contribution is 2.26. The van der Waals surface area contributed by atoms with Crippen molar-refractivity contribution in [1.82, 2.24) is 25.1 Å². The molecule has 0 saturated carbocycles. The zero-order valence-corrected chi connectivity index (χ0v) is 17.1. The number of nitrogens with one attached hydrogen (secondary N) is 2. The molecule has 32 heavy (non-hydrogen) atoms. The maximum atomic E-state index is 14.5. The Morgan fingerprint density at radius 1 is 1.22 bits per heavy atom. The molecule has 4 rings (SSSR count). The first-order valence-corrected chi connectivity index (χ1v) is 9.74. The lowest BCUT2D eigenvalue weighted by molar-refractivity contribution is 0.0120. The van der Waals surface area contributed by atoms with Crippen molar-refractivity contribution < 1.29 is 18.7 Å². The number of carbonyl (C=O) groups excluding carboxylic acids is 1. The Morgan fingerprint density at radius 3 is 2.75 bits per heavy atom. The van der Waals surface area contributed by atoms with Crippen molar-refractivity contribution in [3.8, 4) is 0 Å². The molecule has 2 aromatic heterocycles. The van der Waals surface area contributed by atoms with Gasteiger partial charge in [-0.25, -0.2) is 18.4 Å². The van der Waals surface area contributed by atoms with Crippen LogP contribution in [0.3, 0.4) is 0 Å². The highest BCUT2D eigenvalue weighted by atomic mass is 35.5. The number of aliphatic hydroxyl groups is 1. The summed E-state index contributed by atoms with van der Waals surface area (Å²) in [4.78, 5) is 31.5. The average Bonchev–Trinajstić information content (AvgIpc) is 3.24. The van der Waals surface area contributed by atoms with Gasteiger partial charge in [-0.1, -0.05) is 23.7 Å². The second-order valence-electron chi connectivity index (χ2n) is 7.18. The quantitative estimate of drug-likeness (QED) is 0.410. The number of carbonyl (C=O) groups is 1. The van der Waals surface area contributed by atoms with Crippen LogP contribution in [-0.2, 0) is 12.1 Å². The Balaban J connectivity index is 1.64. The number of benzene rings is 2. The van der Waals surface area contributed by atoms with Crippen molar-refractivity contribution in [3.05, 3.63) is 93.3 Å². The molecular weight excluding hydrogens is 444 g/mol. The molecule has 0 aliphatic rings. The van der Waals surface area contributed by atoms with Crippen LogP contribution in [0, 0.1) is 11.6 Å². The summed E-state index contributed by atoms with van der Waals surface area (Å²) in [6, 6.07) is 8.88. The molecule has 8 nitrogen and oxygen atoms in total. The summed E-state index contributed by atoms with van der Waals surface area (Å²) in [7, 11) is 0. The molecule has 0 spiro atoms. The first-order valence-electron chi connectivity index (χ1n) is 9.36. The number of H-pyrrole nitrogens is 1. The molecule has 1 amide bonds. The molecule has 1 atom stereocenters. The number of pyridine rings is 1. The van der Waals surface area contributed by atoms with Gasteiger partial charge >= 0.3 is 0 Å². The molecule has 0 aliphatic carbocycles. The van der Waals surface area contributed by atoms with E-state index in [-0.39, 0.29) is 17.7 Å². The largest absolute Gasteiger partial charge is 0.381 e. The van der Waals surface area contributed by atoms with E-state index in [4.69, 9.17) is 11.6 Å². The fraction of sp³-hybridized carbons (Fsp3) is 0.143. The molecule has 0 fully saturated rings. The third kappa shape index (κ3) is 4.36. The predicted octanol–water partition coefficient (Wildman–Crippen LogP) is 2.37. The molecule has 164 valence electrons. The van der Waals surface area contributed by atoms with Gasteiger partial charge in [0.1, 0.15) is 35.5 Å². The molecule has 2 heterocycles. The molecule has 4 aromatic rings. The van der Waals surface area contributed by atoms with Crippen LogP contribution in [-0.4, -0.2) is 37.3 Å². The molecule has 0 radical (unpaired) electrons. The number of fused-ring (bicyclic) bond motifs is 1. The van der Waals surface area contributed by atoms with Gasteiger partial charge in [-0.05, 0) is 29.7 Å². The Hall–Kier alpha value is -3.63. The van der Waals surface area contributed by atoms with E-state index in [1.54, 1.807) is 18.2 Å². The first kappa shape index (κ1) is 21.6. The smallest absolute Gasteiger partial charge is 0.261 e. The zero-order valence-electron chi connectivity index (χ0n) is 16.3. The fourth-order valence-electron chi connectivity index (χ4n) is 3.35. The van der Waals surface area contributed by atoms with Gasteiger partial charge in [-0.3, -0.25) is 9.59 Å². The van der Waals surface area contributed by atoms with E-state index < -0.39 is 35.2 Å². The van der Waals surface area contributed by atoms with E-state index in [1.807, 2.05) is 0 Å². The standard InChI is InChI=1S/C21H16ClF2N5O3/c22-13-2-1-12-5-15(20(31)28-18(12)6-13)19(30)26-8-21(32,9-29-11-25-10-27-29)16-4-3-14(23)7-17(16)24/h1-7,10-11,32H,8-9H2,(H,26,30)(H,28,31). The second kappa shape index (κ2) is 8.48. The highest BCUT2D eigenvalue weighted by molar-refractivity contribution is 6.31. The summed E-state index contributed by atoms with van der Waals surface area (Å²) in [6.45, 7) is -0.783. The summed E-state index contributed by atoms with van der Waals surface area (Å²) in [5, 5.41) is 18.6. The fourth-order valence-corrected chi connectivity index (χ4v) is 3.52. The van der Waals surface area contributed by atoms with Crippen LogP contribution in [0.2, 0.25) is 5.02 Å². The normalized spacial score (nSPS) is 13.1. The van der Waals surface area contributed by atoms with Gasteiger partial charge in [0, 0.05) is 22.2 Å². The summed E-state index contributed by atoms with van der Waals surface area (Å²) in [5.41, 5.74) is -2.68. The van der Waals surface area contributed by atoms with E-state index in [1.165, 1.54) is 23.4 Å². The van der Waals surface area contributed by atoms with Crippen LogP contribution >= 0.6 is 11.6 Å². The first-order chi connectivity index (χ1) is 15.2. The number of rotatable bonds is 6. The molecule has 11 heteroatoms. The topological polar surface area (TPSA) is 113 Å². The summed E-state index contributed by atoms with van der Waals surface area (Å²) in [6.07, 6.45) is 2.52. The van der Waals surface area contributed by atoms with Gasteiger partial charge in [0.25, 0.3) is 11.5 Å². The van der Waals surface area contributed by atoms with Crippen LogP contribution in [0.4, 0.5) is 8.78 Å². The lowest BCUT2D eigenvalue weighted by Gasteiger charge is -2.29. The summed E-state index contributed by atoms with van der Waals surface area (Å²) >= 11 is 5.92. The van der Waals surface area contributed by atoms with Crippen molar-refractivity contribution in [1.29, 1.82) is 0 Å². The van der Waals surface area contributed by atoms with Crippen molar-refractivity contribution in [2.24, 2.45) is 0 Å². The number of hydrogen-bond acceptors (Lipinski definition) is 5. The van der Waals surface area contributed by atoms with Crippen molar-refractivity contribution in [3.63, 3.8) is 0 Å². The molecular formula is C21H16ClF2N5O3. The third-order valence-corrected chi connectivity index (χ3v) is 5.15. The van der Waals surface area contributed by atoms with Gasteiger partial charge in [0.05, 0.1) is 13.1 Å². The SMILES string of the molecule is O=C(NCC(O)(Cn1cncn1)c1ccc(F)cc1F)c1cc2ccc(Cl)cc2[nH]c1=O. The molecule has 1 unspecified atom stereocenters. The minimum absolute atomic E-state index is 0.206. The van der Waals surface area contributed by atoms with Gasteiger partial charge in [0.15, 0.2) is 0 Å². The monoisotopic (exact) mass is 459 g/mol. The number of aromatic nitrogens is 4. The summed E-state index contributed by atoms with van der Waals surface area (Å²) in [5.74, 6) is -2.61.